The first-order valence-corrected chi connectivity index (χ1v) is 17.3. The van der Waals surface area contributed by atoms with Gasteiger partial charge in [-0.25, -0.2) is 0 Å². The van der Waals surface area contributed by atoms with Gasteiger partial charge in [0.2, 0.25) is 0 Å². The molecule has 7 aromatic rings. The van der Waals surface area contributed by atoms with Crippen molar-refractivity contribution in [3.63, 3.8) is 0 Å². The van der Waals surface area contributed by atoms with Crippen LogP contribution in [0.1, 0.15) is 42.9 Å². The summed E-state index contributed by atoms with van der Waals surface area (Å²) in [6, 6.07) is 51.0. The van der Waals surface area contributed by atoms with E-state index in [1.165, 1.54) is 70.3 Å². The maximum absolute atomic E-state index is 3.85. The van der Waals surface area contributed by atoms with Crippen LogP contribution in [0.15, 0.2) is 157 Å². The average molecular weight is 622 g/mol. The predicted molar refractivity (Wildman–Crippen MR) is 203 cm³/mol. The monoisotopic (exact) mass is 621 g/mol. The van der Waals surface area contributed by atoms with Crippen LogP contribution in [0.25, 0.3) is 48.0 Å². The van der Waals surface area contributed by atoms with Gasteiger partial charge in [0.05, 0.1) is 0 Å². The fourth-order valence-electron chi connectivity index (χ4n) is 7.95. The van der Waals surface area contributed by atoms with Crippen LogP contribution in [0.3, 0.4) is 0 Å². The van der Waals surface area contributed by atoms with E-state index in [2.05, 4.69) is 171 Å². The second-order valence-electron chi connectivity index (χ2n) is 13.4. The van der Waals surface area contributed by atoms with Crippen molar-refractivity contribution >= 4 is 48.5 Å². The SMILES string of the molecule is CC1(C)C2=CC=C(c3ccc(-c4ccccc4)cc3Nc3ccc(-c4cccc5c4sc4ccccc45)cc3)CC2c2ccccc21. The lowest BCUT2D eigenvalue weighted by Crippen LogP contribution is -2.17. The Labute approximate surface area is 280 Å². The molecule has 2 aliphatic rings. The van der Waals surface area contributed by atoms with Gasteiger partial charge in [-0.15, -0.1) is 11.3 Å². The van der Waals surface area contributed by atoms with E-state index < -0.39 is 0 Å². The number of benzene rings is 6. The van der Waals surface area contributed by atoms with Crippen LogP contribution in [-0.4, -0.2) is 0 Å². The highest BCUT2D eigenvalue weighted by molar-refractivity contribution is 7.26. The Morgan fingerprint density at radius 1 is 0.617 bits per heavy atom. The molecular formula is C45H35NS. The minimum absolute atomic E-state index is 0.0590. The summed E-state index contributed by atoms with van der Waals surface area (Å²) < 4.78 is 2.68. The summed E-state index contributed by atoms with van der Waals surface area (Å²) in [5.41, 5.74) is 14.4. The van der Waals surface area contributed by atoms with E-state index in [1.807, 2.05) is 11.3 Å². The molecule has 0 aliphatic heterocycles. The second kappa shape index (κ2) is 11.0. The van der Waals surface area contributed by atoms with Crippen LogP contribution < -0.4 is 5.32 Å². The lowest BCUT2D eigenvalue weighted by atomic mass is 9.76. The summed E-state index contributed by atoms with van der Waals surface area (Å²) in [6.45, 7) is 4.76. The molecule has 2 aliphatic carbocycles. The lowest BCUT2D eigenvalue weighted by molar-refractivity contribution is 0.615. The van der Waals surface area contributed by atoms with E-state index in [-0.39, 0.29) is 5.41 Å². The Balaban J connectivity index is 1.09. The number of thiophene rings is 1. The van der Waals surface area contributed by atoms with Crippen molar-refractivity contribution in [3.8, 4) is 22.3 Å². The number of nitrogens with one attached hydrogen (secondary N) is 1. The quantitative estimate of drug-likeness (QED) is 0.202. The standard InChI is InChI=1S/C45H35NS/c1-45(2)40-17-8-6-13-36(40)39-27-32(22-26-41(39)45)34-25-21-31(29-11-4-3-5-12-29)28-42(34)46-33-23-19-30(20-24-33)35-15-10-16-38-37-14-7-9-18-43(37)47-44(35)38/h3-26,28,39,46H,27H2,1-2H3. The van der Waals surface area contributed by atoms with Crippen LogP contribution in [0, 0.1) is 0 Å². The maximum Gasteiger partial charge on any atom is 0.0466 e. The topological polar surface area (TPSA) is 12.0 Å². The van der Waals surface area contributed by atoms with Crippen LogP contribution >= 0.6 is 11.3 Å². The smallest absolute Gasteiger partial charge is 0.0466 e. The van der Waals surface area contributed by atoms with Gasteiger partial charge in [0.1, 0.15) is 0 Å². The minimum Gasteiger partial charge on any atom is -0.355 e. The number of rotatable bonds is 5. The van der Waals surface area contributed by atoms with Crippen molar-refractivity contribution in [1.29, 1.82) is 0 Å². The molecular weight excluding hydrogens is 587 g/mol. The van der Waals surface area contributed by atoms with Crippen molar-refractivity contribution < 1.29 is 0 Å². The molecule has 226 valence electrons. The fourth-order valence-corrected chi connectivity index (χ4v) is 9.19. The molecule has 6 aromatic carbocycles. The fraction of sp³-hybridized carbons (Fsp3) is 0.111. The Morgan fingerprint density at radius 3 is 2.23 bits per heavy atom. The van der Waals surface area contributed by atoms with Gasteiger partial charge in [-0.2, -0.15) is 0 Å². The molecule has 47 heavy (non-hydrogen) atoms. The summed E-state index contributed by atoms with van der Waals surface area (Å²) in [7, 11) is 0. The molecule has 1 nitrogen and oxygen atoms in total. The van der Waals surface area contributed by atoms with Gasteiger partial charge < -0.3 is 5.32 Å². The van der Waals surface area contributed by atoms with Gasteiger partial charge in [0, 0.05) is 48.4 Å². The molecule has 2 heteroatoms. The number of hydrogen-bond acceptors (Lipinski definition) is 2. The number of fused-ring (bicyclic) bond motifs is 6. The highest BCUT2D eigenvalue weighted by Gasteiger charge is 2.42. The Bertz CT molecular complexity index is 2370. The van der Waals surface area contributed by atoms with Crippen LogP contribution in [0.4, 0.5) is 11.4 Å². The van der Waals surface area contributed by atoms with Gasteiger partial charge in [-0.05, 0) is 69.6 Å². The van der Waals surface area contributed by atoms with E-state index in [1.54, 1.807) is 0 Å². The van der Waals surface area contributed by atoms with Crippen molar-refractivity contribution in [2.75, 3.05) is 5.32 Å². The first-order chi connectivity index (χ1) is 23.0. The van der Waals surface area contributed by atoms with Crippen LogP contribution in [-0.2, 0) is 5.41 Å². The Morgan fingerprint density at radius 2 is 1.36 bits per heavy atom. The molecule has 0 saturated heterocycles. The molecule has 0 saturated carbocycles. The molecule has 1 heterocycles. The van der Waals surface area contributed by atoms with E-state index in [0.29, 0.717) is 5.92 Å². The van der Waals surface area contributed by atoms with Gasteiger partial charge in [0.15, 0.2) is 0 Å². The van der Waals surface area contributed by atoms with Crippen molar-refractivity contribution in [1.82, 2.24) is 0 Å². The number of anilines is 2. The third-order valence-electron chi connectivity index (χ3n) is 10.3. The van der Waals surface area contributed by atoms with Crippen LogP contribution in [0.2, 0.25) is 0 Å². The summed E-state index contributed by atoms with van der Waals surface area (Å²) in [6.07, 6.45) is 5.78. The van der Waals surface area contributed by atoms with Gasteiger partial charge in [-0.3, -0.25) is 0 Å². The zero-order valence-corrected chi connectivity index (χ0v) is 27.4. The third-order valence-corrected chi connectivity index (χ3v) is 11.6. The van der Waals surface area contributed by atoms with E-state index in [0.717, 1.165) is 17.8 Å². The molecule has 0 bridgehead atoms. The van der Waals surface area contributed by atoms with Crippen molar-refractivity contribution in [2.24, 2.45) is 0 Å². The predicted octanol–water partition coefficient (Wildman–Crippen LogP) is 12.9. The first kappa shape index (κ1) is 28.1. The van der Waals surface area contributed by atoms with Crippen molar-refractivity contribution in [2.45, 2.75) is 31.6 Å². The summed E-state index contributed by atoms with van der Waals surface area (Å²) in [5.74, 6) is 0.416. The summed E-state index contributed by atoms with van der Waals surface area (Å²) in [4.78, 5) is 0. The molecule has 1 N–H and O–H groups in total. The first-order valence-electron chi connectivity index (χ1n) is 16.5. The lowest BCUT2D eigenvalue weighted by Gasteiger charge is -2.28. The third kappa shape index (κ3) is 4.67. The molecule has 1 unspecified atom stereocenters. The normalized spacial score (nSPS) is 16.4. The molecule has 0 radical (unpaired) electrons. The Kier molecular flexibility index (Phi) is 6.55. The van der Waals surface area contributed by atoms with E-state index in [9.17, 15) is 0 Å². The molecule has 0 spiro atoms. The minimum atomic E-state index is 0.0590. The largest absolute Gasteiger partial charge is 0.355 e. The Hall–Kier alpha value is -5.18. The number of hydrogen-bond donors (Lipinski definition) is 1. The van der Waals surface area contributed by atoms with E-state index >= 15 is 0 Å². The molecule has 1 aromatic heterocycles. The van der Waals surface area contributed by atoms with Crippen LogP contribution in [0.5, 0.6) is 0 Å². The average Bonchev–Trinajstić information content (AvgIpc) is 3.61. The zero-order chi connectivity index (χ0) is 31.5. The highest BCUT2D eigenvalue weighted by atomic mass is 32.1. The summed E-state index contributed by atoms with van der Waals surface area (Å²) in [5, 5.41) is 6.52. The second-order valence-corrected chi connectivity index (χ2v) is 14.4. The highest BCUT2D eigenvalue weighted by Crippen LogP contribution is 2.55. The van der Waals surface area contributed by atoms with Crippen molar-refractivity contribution in [3.05, 3.63) is 174 Å². The van der Waals surface area contributed by atoms with Gasteiger partial charge >= 0.3 is 0 Å². The number of allylic oxidation sites excluding steroid dienone is 4. The molecule has 0 fully saturated rings. The maximum atomic E-state index is 3.85. The summed E-state index contributed by atoms with van der Waals surface area (Å²) >= 11 is 1.88. The zero-order valence-electron chi connectivity index (χ0n) is 26.6. The van der Waals surface area contributed by atoms with Gasteiger partial charge in [0.25, 0.3) is 0 Å². The van der Waals surface area contributed by atoms with Gasteiger partial charge in [-0.1, -0.05) is 147 Å². The molecule has 9 rings (SSSR count). The molecule has 0 amide bonds. The molecule has 1 atom stereocenters. The van der Waals surface area contributed by atoms with E-state index in [4.69, 9.17) is 0 Å².